The Morgan fingerprint density at radius 1 is 0.529 bits per heavy atom. The number of fused-ring (bicyclic) bond motifs is 10. The first-order valence-electron chi connectivity index (χ1n) is 17.5. The van der Waals surface area contributed by atoms with Crippen LogP contribution in [0.1, 0.15) is 25.0 Å². The molecule has 3 aromatic heterocycles. The molecule has 3 nitrogen and oxygen atoms in total. The molecule has 11 rings (SSSR count). The summed E-state index contributed by atoms with van der Waals surface area (Å²) < 4.78 is 4.66. The zero-order valence-electron chi connectivity index (χ0n) is 28.2. The van der Waals surface area contributed by atoms with E-state index in [2.05, 4.69) is 170 Å². The number of rotatable bonds is 3. The second-order valence-electron chi connectivity index (χ2n) is 14.2. The number of hydrogen-bond acceptors (Lipinski definition) is 3. The predicted octanol–water partition coefficient (Wildman–Crippen LogP) is 12.7. The smallest absolute Gasteiger partial charge is 0.235 e. The Labute approximate surface area is 299 Å². The van der Waals surface area contributed by atoms with Crippen LogP contribution in [0.4, 0.5) is 0 Å². The zero-order chi connectivity index (χ0) is 33.8. The number of para-hydroxylation sites is 1. The highest BCUT2D eigenvalue weighted by molar-refractivity contribution is 7.26. The molecule has 3 heterocycles. The number of nitrogens with zero attached hydrogens (tertiary/aromatic N) is 3. The maximum atomic E-state index is 5.49. The van der Waals surface area contributed by atoms with Crippen molar-refractivity contribution in [1.82, 2.24) is 14.5 Å². The highest BCUT2D eigenvalue weighted by Gasteiger charge is 2.35. The van der Waals surface area contributed by atoms with Crippen molar-refractivity contribution in [3.05, 3.63) is 163 Å². The second-order valence-corrected chi connectivity index (χ2v) is 15.3. The molecule has 10 aromatic rings. The molecule has 1 aliphatic carbocycles. The van der Waals surface area contributed by atoms with Gasteiger partial charge in [0.2, 0.25) is 5.95 Å². The lowest BCUT2D eigenvalue weighted by molar-refractivity contribution is 0.660. The molecule has 1 aliphatic rings. The van der Waals surface area contributed by atoms with Crippen LogP contribution in [0.3, 0.4) is 0 Å². The first-order valence-corrected chi connectivity index (χ1v) is 18.3. The van der Waals surface area contributed by atoms with Crippen LogP contribution in [0.5, 0.6) is 0 Å². The van der Waals surface area contributed by atoms with Gasteiger partial charge in [-0.3, -0.25) is 4.57 Å². The number of thiophene rings is 1. The quantitative estimate of drug-likeness (QED) is 0.187. The summed E-state index contributed by atoms with van der Waals surface area (Å²) in [4.78, 5) is 11.0. The normalized spacial score (nSPS) is 13.5. The van der Waals surface area contributed by atoms with Gasteiger partial charge >= 0.3 is 0 Å². The summed E-state index contributed by atoms with van der Waals surface area (Å²) in [5.41, 5.74) is 12.9. The van der Waals surface area contributed by atoms with Crippen LogP contribution in [0, 0.1) is 0 Å². The standard InChI is InChI=1S/C47H31N3S/c1-47(2)38-21-10-8-17-33(38)34-24-23-31(26-39(34)47)32-19-12-20-35-37-25-29-15-6-7-16-30(29)27-40(37)50(44(32)35)46-48-42(28-13-4-3-5-14-28)45-43(49-46)36-18-9-11-22-41(36)51-45/h3-27H,1-2H3. The molecule has 0 aliphatic heterocycles. The number of hydrogen-bond donors (Lipinski definition) is 0. The molecule has 0 radical (unpaired) electrons. The fraction of sp³-hybridized carbons (Fsp3) is 0.0638. The van der Waals surface area contributed by atoms with Crippen molar-refractivity contribution in [2.24, 2.45) is 0 Å². The molecule has 240 valence electrons. The van der Waals surface area contributed by atoms with Crippen molar-refractivity contribution in [3.63, 3.8) is 0 Å². The Kier molecular flexibility index (Phi) is 5.89. The highest BCUT2D eigenvalue weighted by Crippen LogP contribution is 2.50. The molecule has 4 heteroatoms. The Morgan fingerprint density at radius 3 is 2.12 bits per heavy atom. The van der Waals surface area contributed by atoms with E-state index in [1.165, 1.54) is 59.6 Å². The molecular weight excluding hydrogens is 639 g/mol. The Morgan fingerprint density at radius 2 is 1.24 bits per heavy atom. The van der Waals surface area contributed by atoms with Crippen LogP contribution < -0.4 is 0 Å². The average molecular weight is 670 g/mol. The second kappa shape index (κ2) is 10.5. The molecule has 0 amide bonds. The maximum absolute atomic E-state index is 5.49. The molecule has 0 saturated heterocycles. The van der Waals surface area contributed by atoms with Crippen molar-refractivity contribution in [3.8, 4) is 39.5 Å². The van der Waals surface area contributed by atoms with E-state index in [1.807, 2.05) is 0 Å². The summed E-state index contributed by atoms with van der Waals surface area (Å²) in [6.45, 7) is 4.70. The van der Waals surface area contributed by atoms with E-state index >= 15 is 0 Å². The van der Waals surface area contributed by atoms with E-state index in [1.54, 1.807) is 11.3 Å². The van der Waals surface area contributed by atoms with Crippen LogP contribution in [0.25, 0.3) is 92.3 Å². The largest absolute Gasteiger partial charge is 0.277 e. The molecule has 0 spiro atoms. The fourth-order valence-electron chi connectivity index (χ4n) is 8.53. The Bertz CT molecular complexity index is 3060. The predicted molar refractivity (Wildman–Crippen MR) is 215 cm³/mol. The van der Waals surface area contributed by atoms with Crippen LogP contribution in [-0.2, 0) is 5.41 Å². The van der Waals surface area contributed by atoms with Crippen LogP contribution in [0.2, 0.25) is 0 Å². The molecule has 0 fully saturated rings. The molecule has 0 saturated carbocycles. The summed E-state index contributed by atoms with van der Waals surface area (Å²) in [6, 6.07) is 55.1. The molecule has 0 N–H and O–H groups in total. The molecule has 51 heavy (non-hydrogen) atoms. The first-order chi connectivity index (χ1) is 25.0. The van der Waals surface area contributed by atoms with Gasteiger partial charge in [0.15, 0.2) is 0 Å². The third kappa shape index (κ3) is 4.05. The van der Waals surface area contributed by atoms with E-state index in [-0.39, 0.29) is 5.41 Å². The van der Waals surface area contributed by atoms with E-state index in [0.29, 0.717) is 5.95 Å². The minimum atomic E-state index is -0.0982. The van der Waals surface area contributed by atoms with Gasteiger partial charge in [-0.1, -0.05) is 141 Å². The monoisotopic (exact) mass is 669 g/mol. The van der Waals surface area contributed by atoms with Crippen molar-refractivity contribution in [1.29, 1.82) is 0 Å². The highest BCUT2D eigenvalue weighted by atomic mass is 32.1. The van der Waals surface area contributed by atoms with Gasteiger partial charge in [-0.2, -0.15) is 0 Å². The zero-order valence-corrected chi connectivity index (χ0v) is 29.0. The third-order valence-corrected chi connectivity index (χ3v) is 12.2. The van der Waals surface area contributed by atoms with E-state index in [9.17, 15) is 0 Å². The van der Waals surface area contributed by atoms with Gasteiger partial charge in [0, 0.05) is 37.4 Å². The minimum Gasteiger partial charge on any atom is -0.277 e. The molecule has 0 unspecified atom stereocenters. The fourth-order valence-corrected chi connectivity index (χ4v) is 9.69. The summed E-state index contributed by atoms with van der Waals surface area (Å²) in [5, 5.41) is 5.95. The van der Waals surface area contributed by atoms with E-state index in [0.717, 1.165) is 37.9 Å². The van der Waals surface area contributed by atoms with Crippen molar-refractivity contribution >= 4 is 64.2 Å². The van der Waals surface area contributed by atoms with Gasteiger partial charge < -0.3 is 0 Å². The van der Waals surface area contributed by atoms with Gasteiger partial charge in [0.25, 0.3) is 0 Å². The SMILES string of the molecule is CC1(C)c2ccccc2-c2ccc(-c3cccc4c5cc6ccccc6cc5n(-c5nc(-c6ccccc6)c6sc7ccccc7c6n5)c34)cc21. The molecule has 0 atom stereocenters. The van der Waals surface area contributed by atoms with Gasteiger partial charge in [0.05, 0.1) is 26.9 Å². The van der Waals surface area contributed by atoms with Crippen molar-refractivity contribution < 1.29 is 0 Å². The lowest BCUT2D eigenvalue weighted by Gasteiger charge is -2.22. The molecule has 7 aromatic carbocycles. The lowest BCUT2D eigenvalue weighted by Crippen LogP contribution is -2.14. The number of benzene rings is 7. The summed E-state index contributed by atoms with van der Waals surface area (Å²) in [5.74, 6) is 0.682. The minimum absolute atomic E-state index is 0.0982. The van der Waals surface area contributed by atoms with Crippen LogP contribution in [0.15, 0.2) is 152 Å². The summed E-state index contributed by atoms with van der Waals surface area (Å²) in [7, 11) is 0. The molecular formula is C47H31N3S. The van der Waals surface area contributed by atoms with Gasteiger partial charge in [-0.25, -0.2) is 9.97 Å². The van der Waals surface area contributed by atoms with Crippen LogP contribution in [-0.4, -0.2) is 14.5 Å². The number of aromatic nitrogens is 3. The van der Waals surface area contributed by atoms with Crippen molar-refractivity contribution in [2.75, 3.05) is 0 Å². The maximum Gasteiger partial charge on any atom is 0.235 e. The Balaban J connectivity index is 1.27. The van der Waals surface area contributed by atoms with Gasteiger partial charge in [0.1, 0.15) is 0 Å². The molecule has 0 bridgehead atoms. The third-order valence-electron chi connectivity index (χ3n) is 11.0. The van der Waals surface area contributed by atoms with Crippen molar-refractivity contribution in [2.45, 2.75) is 19.3 Å². The first kappa shape index (κ1) is 28.7. The van der Waals surface area contributed by atoms with E-state index < -0.39 is 0 Å². The summed E-state index contributed by atoms with van der Waals surface area (Å²) >= 11 is 1.77. The van der Waals surface area contributed by atoms with Gasteiger partial charge in [-0.15, -0.1) is 11.3 Å². The Hall–Kier alpha value is -6.10. The topological polar surface area (TPSA) is 30.7 Å². The van der Waals surface area contributed by atoms with E-state index in [4.69, 9.17) is 9.97 Å². The lowest BCUT2D eigenvalue weighted by atomic mass is 9.81. The van der Waals surface area contributed by atoms with Crippen LogP contribution >= 0.6 is 11.3 Å². The summed E-state index contributed by atoms with van der Waals surface area (Å²) in [6.07, 6.45) is 0. The van der Waals surface area contributed by atoms with Gasteiger partial charge in [-0.05, 0) is 62.9 Å². The average Bonchev–Trinajstić information content (AvgIpc) is 3.79.